The van der Waals surface area contributed by atoms with Crippen LogP contribution in [0.25, 0.3) is 0 Å². The first kappa shape index (κ1) is 18.1. The Kier molecular flexibility index (Phi) is 6.04. The summed E-state index contributed by atoms with van der Waals surface area (Å²) >= 11 is 1.55. The predicted molar refractivity (Wildman–Crippen MR) is 96.6 cm³/mol. The molecule has 0 saturated carbocycles. The first-order valence-electron chi connectivity index (χ1n) is 7.62. The van der Waals surface area contributed by atoms with Gasteiger partial charge in [0.05, 0.1) is 0 Å². The Morgan fingerprint density at radius 2 is 1.83 bits per heavy atom. The van der Waals surface area contributed by atoms with Crippen LogP contribution in [0.1, 0.15) is 21.5 Å². The van der Waals surface area contributed by atoms with E-state index >= 15 is 0 Å². The Morgan fingerprint density at radius 1 is 1.17 bits per heavy atom. The fourth-order valence-electron chi connectivity index (χ4n) is 2.52. The summed E-state index contributed by atoms with van der Waals surface area (Å²) in [6.07, 6.45) is 2.22. The van der Waals surface area contributed by atoms with E-state index in [1.165, 1.54) is 4.90 Å². The van der Waals surface area contributed by atoms with Crippen molar-refractivity contribution in [3.63, 3.8) is 0 Å². The fourth-order valence-corrected chi connectivity index (χ4v) is 2.96. The highest BCUT2D eigenvalue weighted by atomic mass is 32.2. The number of aliphatic carboxylic acids is 1. The molecular formula is C19H21NO3S. The van der Waals surface area contributed by atoms with Gasteiger partial charge in [0, 0.05) is 23.9 Å². The van der Waals surface area contributed by atoms with Crippen LogP contribution in [0.5, 0.6) is 0 Å². The van der Waals surface area contributed by atoms with Crippen molar-refractivity contribution in [2.24, 2.45) is 0 Å². The second-order valence-electron chi connectivity index (χ2n) is 5.64. The lowest BCUT2D eigenvalue weighted by atomic mass is 10.0. The largest absolute Gasteiger partial charge is 0.480 e. The lowest BCUT2D eigenvalue weighted by Gasteiger charge is -2.26. The second kappa shape index (κ2) is 8.02. The van der Waals surface area contributed by atoms with E-state index in [9.17, 15) is 14.7 Å². The van der Waals surface area contributed by atoms with Crippen LogP contribution in [0.2, 0.25) is 0 Å². The van der Waals surface area contributed by atoms with E-state index in [2.05, 4.69) is 0 Å². The first-order valence-corrected chi connectivity index (χ1v) is 8.85. The fraction of sp³-hybridized carbons (Fsp3) is 0.263. The molecule has 0 bridgehead atoms. The Labute approximate surface area is 146 Å². The average molecular weight is 343 g/mol. The van der Waals surface area contributed by atoms with Crippen LogP contribution < -0.4 is 0 Å². The van der Waals surface area contributed by atoms with Crippen LogP contribution in [0, 0.1) is 6.92 Å². The molecule has 0 heterocycles. The number of hydrogen-bond acceptors (Lipinski definition) is 3. The lowest BCUT2D eigenvalue weighted by molar-refractivity contribution is -0.141. The van der Waals surface area contributed by atoms with Crippen molar-refractivity contribution in [3.05, 3.63) is 65.2 Å². The molecule has 2 aromatic carbocycles. The molecule has 1 N–H and O–H groups in total. The maximum absolute atomic E-state index is 12.8. The summed E-state index contributed by atoms with van der Waals surface area (Å²) in [6.45, 7) is 1.86. The maximum Gasteiger partial charge on any atom is 0.326 e. The zero-order valence-electron chi connectivity index (χ0n) is 14.0. The van der Waals surface area contributed by atoms with E-state index in [-0.39, 0.29) is 12.3 Å². The molecule has 0 aliphatic heterocycles. The molecule has 2 rings (SSSR count). The van der Waals surface area contributed by atoms with Gasteiger partial charge in [-0.05, 0) is 36.4 Å². The smallest absolute Gasteiger partial charge is 0.326 e. The van der Waals surface area contributed by atoms with Crippen LogP contribution in [0.4, 0.5) is 0 Å². The molecule has 1 atom stereocenters. The van der Waals surface area contributed by atoms with E-state index in [1.807, 2.05) is 61.7 Å². The first-order chi connectivity index (χ1) is 11.4. The number of carbonyl (C=O) groups is 2. The van der Waals surface area contributed by atoms with Crippen molar-refractivity contribution in [2.75, 3.05) is 13.3 Å². The number of aryl methyl sites for hydroxylation is 1. The normalized spacial score (nSPS) is 11.8. The van der Waals surface area contributed by atoms with Crippen molar-refractivity contribution < 1.29 is 14.7 Å². The van der Waals surface area contributed by atoms with E-state index < -0.39 is 12.0 Å². The Hall–Kier alpha value is -2.27. The van der Waals surface area contributed by atoms with Crippen molar-refractivity contribution >= 4 is 23.6 Å². The van der Waals surface area contributed by atoms with Crippen molar-refractivity contribution in [1.29, 1.82) is 0 Å². The highest BCUT2D eigenvalue weighted by Crippen LogP contribution is 2.21. The SMILES string of the molecule is CSc1ccc(C)c(C(=O)N(C)C(Cc2ccccc2)C(=O)O)c1. The molecule has 0 radical (unpaired) electrons. The highest BCUT2D eigenvalue weighted by Gasteiger charge is 2.28. The molecule has 0 fully saturated rings. The van der Waals surface area contributed by atoms with Crippen LogP contribution in [0.3, 0.4) is 0 Å². The van der Waals surface area contributed by atoms with Gasteiger partial charge in [-0.15, -0.1) is 11.8 Å². The van der Waals surface area contributed by atoms with Crippen LogP contribution in [0.15, 0.2) is 53.4 Å². The molecule has 0 saturated heterocycles. The Morgan fingerprint density at radius 3 is 2.42 bits per heavy atom. The molecule has 1 amide bonds. The third-order valence-corrected chi connectivity index (χ3v) is 4.75. The number of carbonyl (C=O) groups excluding carboxylic acids is 1. The monoisotopic (exact) mass is 343 g/mol. The molecule has 4 nitrogen and oxygen atoms in total. The number of likely N-dealkylation sites (N-methyl/N-ethyl adjacent to an activating group) is 1. The number of thioether (sulfide) groups is 1. The lowest BCUT2D eigenvalue weighted by Crippen LogP contribution is -2.44. The molecular weight excluding hydrogens is 322 g/mol. The van der Waals surface area contributed by atoms with E-state index in [0.29, 0.717) is 5.56 Å². The summed E-state index contributed by atoms with van der Waals surface area (Å²) in [7, 11) is 1.55. The summed E-state index contributed by atoms with van der Waals surface area (Å²) in [5, 5.41) is 9.57. The standard InChI is InChI=1S/C19H21NO3S/c1-13-9-10-15(24-3)12-16(13)18(21)20(2)17(19(22)23)11-14-7-5-4-6-8-14/h4-10,12,17H,11H2,1-3H3,(H,22,23). The molecule has 24 heavy (non-hydrogen) atoms. The van der Waals surface area contributed by atoms with Gasteiger partial charge in [0.15, 0.2) is 0 Å². The second-order valence-corrected chi connectivity index (χ2v) is 6.52. The average Bonchev–Trinajstić information content (AvgIpc) is 2.59. The van der Waals surface area contributed by atoms with Gasteiger partial charge in [-0.1, -0.05) is 36.4 Å². The van der Waals surface area contributed by atoms with Gasteiger partial charge in [0.25, 0.3) is 5.91 Å². The summed E-state index contributed by atoms with van der Waals surface area (Å²) < 4.78 is 0. The van der Waals surface area contributed by atoms with E-state index in [1.54, 1.807) is 18.8 Å². The summed E-state index contributed by atoms with van der Waals surface area (Å²) in [5.41, 5.74) is 2.27. The molecule has 5 heteroatoms. The summed E-state index contributed by atoms with van der Waals surface area (Å²) in [4.78, 5) is 26.8. The third-order valence-electron chi connectivity index (χ3n) is 4.02. The Balaban J connectivity index is 2.27. The number of amides is 1. The predicted octanol–water partition coefficient (Wildman–Crippen LogP) is 3.48. The maximum atomic E-state index is 12.8. The number of benzene rings is 2. The zero-order valence-corrected chi connectivity index (χ0v) is 14.8. The van der Waals surface area contributed by atoms with Crippen molar-refractivity contribution in [2.45, 2.75) is 24.3 Å². The van der Waals surface area contributed by atoms with Crippen LogP contribution in [-0.2, 0) is 11.2 Å². The minimum atomic E-state index is -1.01. The molecule has 2 aromatic rings. The van der Waals surface area contributed by atoms with Gasteiger partial charge in [-0.25, -0.2) is 4.79 Å². The quantitative estimate of drug-likeness (QED) is 0.816. The van der Waals surface area contributed by atoms with Gasteiger partial charge in [-0.2, -0.15) is 0 Å². The molecule has 0 spiro atoms. The number of rotatable bonds is 6. The topological polar surface area (TPSA) is 57.6 Å². The molecule has 0 aliphatic rings. The molecule has 0 aromatic heterocycles. The Bertz CT molecular complexity index is 731. The third kappa shape index (κ3) is 4.17. The van der Waals surface area contributed by atoms with Crippen molar-refractivity contribution in [1.82, 2.24) is 4.90 Å². The van der Waals surface area contributed by atoms with Gasteiger partial charge >= 0.3 is 5.97 Å². The number of nitrogens with zero attached hydrogens (tertiary/aromatic N) is 1. The van der Waals surface area contributed by atoms with Gasteiger partial charge in [-0.3, -0.25) is 4.79 Å². The van der Waals surface area contributed by atoms with Crippen LogP contribution >= 0.6 is 11.8 Å². The van der Waals surface area contributed by atoms with Gasteiger partial charge in [0.1, 0.15) is 6.04 Å². The van der Waals surface area contributed by atoms with Crippen LogP contribution in [-0.4, -0.2) is 41.2 Å². The number of carboxylic acid groups (broad SMARTS) is 1. The molecule has 1 unspecified atom stereocenters. The minimum absolute atomic E-state index is 0.272. The molecule has 0 aliphatic carbocycles. The number of carboxylic acids is 1. The molecule has 126 valence electrons. The van der Waals surface area contributed by atoms with E-state index in [4.69, 9.17) is 0 Å². The highest BCUT2D eigenvalue weighted by molar-refractivity contribution is 7.98. The minimum Gasteiger partial charge on any atom is -0.480 e. The summed E-state index contributed by atoms with van der Waals surface area (Å²) in [5.74, 6) is -1.28. The van der Waals surface area contributed by atoms with Crippen molar-refractivity contribution in [3.8, 4) is 0 Å². The van der Waals surface area contributed by atoms with Gasteiger partial charge < -0.3 is 10.0 Å². The zero-order chi connectivity index (χ0) is 17.7. The summed E-state index contributed by atoms with van der Waals surface area (Å²) in [6, 6.07) is 14.1. The number of hydrogen-bond donors (Lipinski definition) is 1. The van der Waals surface area contributed by atoms with Gasteiger partial charge in [0.2, 0.25) is 0 Å². The van der Waals surface area contributed by atoms with E-state index in [0.717, 1.165) is 16.0 Å².